The minimum absolute atomic E-state index is 0.00284. The number of nitrogen functional groups attached to an aromatic ring is 1. The van der Waals surface area contributed by atoms with Gasteiger partial charge in [0, 0.05) is 12.2 Å². The largest absolute Gasteiger partial charge is 0.384 e. The molecular weight excluding hydrogens is 238 g/mol. The first kappa shape index (κ1) is 13.0. The summed E-state index contributed by atoms with van der Waals surface area (Å²) in [5.74, 6) is 0.615. The van der Waals surface area contributed by atoms with Crippen molar-refractivity contribution in [3.8, 4) is 0 Å². The van der Waals surface area contributed by atoms with E-state index in [1.165, 1.54) is 0 Å². The molecule has 0 saturated carbocycles. The predicted octanol–water partition coefficient (Wildman–Crippen LogP) is 2.23. The zero-order chi connectivity index (χ0) is 13.8. The molecular formula is C14H17N5. The van der Waals surface area contributed by atoms with E-state index < -0.39 is 0 Å². The Morgan fingerprint density at radius 2 is 2.05 bits per heavy atom. The average Bonchev–Trinajstić information content (AvgIpc) is 2.42. The number of nitrogens with two attached hydrogens (primary N) is 1. The molecule has 0 aliphatic carbocycles. The molecule has 5 nitrogen and oxygen atoms in total. The maximum atomic E-state index is 7.64. The van der Waals surface area contributed by atoms with Crippen LogP contribution in [-0.4, -0.2) is 22.6 Å². The molecule has 1 heterocycles. The van der Waals surface area contributed by atoms with E-state index in [1.54, 1.807) is 12.3 Å². The van der Waals surface area contributed by atoms with E-state index in [4.69, 9.17) is 11.1 Å². The smallest absolute Gasteiger partial charge is 0.166 e. The number of para-hydroxylation sites is 1. The summed E-state index contributed by atoms with van der Waals surface area (Å²) >= 11 is 0. The molecule has 3 N–H and O–H groups in total. The molecule has 0 aliphatic heterocycles. The molecule has 0 amide bonds. The lowest BCUT2D eigenvalue weighted by Gasteiger charge is -2.25. The van der Waals surface area contributed by atoms with Crippen LogP contribution >= 0.6 is 0 Å². The fourth-order valence-corrected chi connectivity index (χ4v) is 2.03. The number of hydrogen-bond acceptors (Lipinski definition) is 4. The van der Waals surface area contributed by atoms with E-state index in [9.17, 15) is 0 Å². The van der Waals surface area contributed by atoms with Gasteiger partial charge in [0.2, 0.25) is 0 Å². The van der Waals surface area contributed by atoms with Crippen molar-refractivity contribution >= 4 is 17.3 Å². The molecule has 0 radical (unpaired) electrons. The number of aromatic nitrogens is 2. The predicted molar refractivity (Wildman–Crippen MR) is 76.9 cm³/mol. The Labute approximate surface area is 112 Å². The third-order valence-corrected chi connectivity index (χ3v) is 2.97. The van der Waals surface area contributed by atoms with Crippen molar-refractivity contribution in [2.24, 2.45) is 5.73 Å². The Balaban J connectivity index is 2.55. The van der Waals surface area contributed by atoms with Gasteiger partial charge in [0.15, 0.2) is 5.82 Å². The highest BCUT2D eigenvalue weighted by atomic mass is 15.3. The highest BCUT2D eigenvalue weighted by Gasteiger charge is 2.16. The van der Waals surface area contributed by atoms with E-state index in [-0.39, 0.29) is 5.84 Å². The van der Waals surface area contributed by atoms with Crippen LogP contribution in [-0.2, 0) is 0 Å². The van der Waals surface area contributed by atoms with Crippen LogP contribution in [0.4, 0.5) is 11.5 Å². The van der Waals surface area contributed by atoms with Gasteiger partial charge in [0.05, 0.1) is 11.8 Å². The second kappa shape index (κ2) is 5.48. The number of hydrogen-bond donors (Lipinski definition) is 2. The van der Waals surface area contributed by atoms with E-state index in [0.717, 1.165) is 17.8 Å². The van der Waals surface area contributed by atoms with Crippen LogP contribution < -0.4 is 10.6 Å². The molecule has 0 spiro atoms. The summed E-state index contributed by atoms with van der Waals surface area (Å²) in [6, 6.07) is 9.76. The average molecular weight is 255 g/mol. The third-order valence-electron chi connectivity index (χ3n) is 2.97. The van der Waals surface area contributed by atoms with Crippen molar-refractivity contribution in [2.75, 3.05) is 11.4 Å². The molecule has 1 aromatic carbocycles. The quantitative estimate of drug-likeness (QED) is 0.648. The Morgan fingerprint density at radius 3 is 2.68 bits per heavy atom. The number of rotatable bonds is 4. The summed E-state index contributed by atoms with van der Waals surface area (Å²) < 4.78 is 0. The van der Waals surface area contributed by atoms with Crippen molar-refractivity contribution in [1.82, 2.24) is 10.2 Å². The van der Waals surface area contributed by atoms with Gasteiger partial charge in [0.25, 0.3) is 0 Å². The summed E-state index contributed by atoms with van der Waals surface area (Å²) in [6.07, 6.45) is 1.55. The van der Waals surface area contributed by atoms with Crippen LogP contribution in [0.25, 0.3) is 0 Å². The first-order valence-corrected chi connectivity index (χ1v) is 6.14. The second-order valence-corrected chi connectivity index (χ2v) is 4.21. The van der Waals surface area contributed by atoms with Crippen LogP contribution in [0.15, 0.2) is 36.5 Å². The van der Waals surface area contributed by atoms with Gasteiger partial charge in [-0.3, -0.25) is 5.41 Å². The molecule has 0 aliphatic rings. The Morgan fingerprint density at radius 1 is 1.32 bits per heavy atom. The summed E-state index contributed by atoms with van der Waals surface area (Å²) in [4.78, 5) is 2.01. The van der Waals surface area contributed by atoms with Crippen LogP contribution in [0.1, 0.15) is 18.1 Å². The SMILES string of the molecule is CCN(c1ccccc1C)c1nnccc1C(=N)N. The van der Waals surface area contributed by atoms with E-state index in [1.807, 2.05) is 43.0 Å². The van der Waals surface area contributed by atoms with Crippen molar-refractivity contribution in [1.29, 1.82) is 5.41 Å². The zero-order valence-corrected chi connectivity index (χ0v) is 11.1. The number of nitrogens with zero attached hydrogens (tertiary/aromatic N) is 3. The molecule has 98 valence electrons. The zero-order valence-electron chi connectivity index (χ0n) is 11.1. The van der Waals surface area contributed by atoms with Gasteiger partial charge in [0.1, 0.15) is 5.84 Å². The van der Waals surface area contributed by atoms with Gasteiger partial charge in [-0.15, -0.1) is 5.10 Å². The lowest BCUT2D eigenvalue weighted by Crippen LogP contribution is -2.24. The molecule has 19 heavy (non-hydrogen) atoms. The standard InChI is InChI=1S/C14H17N5/c1-3-19(12-7-5-4-6-10(12)2)14-11(13(15)16)8-9-17-18-14/h4-9H,3H2,1-2H3,(H3,15,16). The Kier molecular flexibility index (Phi) is 3.75. The third kappa shape index (κ3) is 2.54. The molecule has 5 heteroatoms. The first-order valence-electron chi connectivity index (χ1n) is 6.14. The van der Waals surface area contributed by atoms with Gasteiger partial charge >= 0.3 is 0 Å². The monoisotopic (exact) mass is 255 g/mol. The fourth-order valence-electron chi connectivity index (χ4n) is 2.03. The minimum Gasteiger partial charge on any atom is -0.384 e. The Hall–Kier alpha value is -2.43. The minimum atomic E-state index is -0.00284. The lowest BCUT2D eigenvalue weighted by molar-refractivity contribution is 0.924. The maximum absolute atomic E-state index is 7.64. The van der Waals surface area contributed by atoms with Gasteiger partial charge < -0.3 is 10.6 Å². The van der Waals surface area contributed by atoms with Gasteiger partial charge in [-0.2, -0.15) is 5.10 Å². The van der Waals surface area contributed by atoms with Gasteiger partial charge in [-0.05, 0) is 31.5 Å². The highest BCUT2D eigenvalue weighted by molar-refractivity contribution is 6.00. The number of benzene rings is 1. The summed E-state index contributed by atoms with van der Waals surface area (Å²) in [5.41, 5.74) is 8.40. The van der Waals surface area contributed by atoms with Gasteiger partial charge in [-0.25, -0.2) is 0 Å². The van der Waals surface area contributed by atoms with Crippen LogP contribution in [0.2, 0.25) is 0 Å². The molecule has 0 saturated heterocycles. The number of aryl methyl sites for hydroxylation is 1. The molecule has 0 bridgehead atoms. The van der Waals surface area contributed by atoms with Crippen LogP contribution in [0.5, 0.6) is 0 Å². The summed E-state index contributed by atoms with van der Waals surface area (Å²) in [6.45, 7) is 4.80. The first-order chi connectivity index (χ1) is 9.15. The van der Waals surface area contributed by atoms with E-state index in [2.05, 4.69) is 10.2 Å². The molecule has 2 rings (SSSR count). The summed E-state index contributed by atoms with van der Waals surface area (Å²) in [5, 5.41) is 15.7. The van der Waals surface area contributed by atoms with Crippen LogP contribution in [0.3, 0.4) is 0 Å². The molecule has 0 unspecified atom stereocenters. The van der Waals surface area contributed by atoms with Crippen LogP contribution in [0, 0.1) is 12.3 Å². The fraction of sp³-hybridized carbons (Fsp3) is 0.214. The molecule has 0 atom stereocenters. The molecule has 1 aromatic heterocycles. The number of amidine groups is 1. The molecule has 2 aromatic rings. The van der Waals surface area contributed by atoms with Crippen molar-refractivity contribution in [2.45, 2.75) is 13.8 Å². The summed E-state index contributed by atoms with van der Waals surface area (Å²) in [7, 11) is 0. The van der Waals surface area contributed by atoms with Crippen molar-refractivity contribution in [3.05, 3.63) is 47.7 Å². The number of anilines is 2. The normalized spacial score (nSPS) is 10.2. The topological polar surface area (TPSA) is 78.9 Å². The van der Waals surface area contributed by atoms with Crippen molar-refractivity contribution < 1.29 is 0 Å². The van der Waals surface area contributed by atoms with E-state index in [0.29, 0.717) is 11.4 Å². The van der Waals surface area contributed by atoms with Gasteiger partial charge in [-0.1, -0.05) is 18.2 Å². The molecule has 0 fully saturated rings. The highest BCUT2D eigenvalue weighted by Crippen LogP contribution is 2.28. The van der Waals surface area contributed by atoms with Crippen molar-refractivity contribution in [3.63, 3.8) is 0 Å². The van der Waals surface area contributed by atoms with E-state index >= 15 is 0 Å². The maximum Gasteiger partial charge on any atom is 0.166 e. The Bertz CT molecular complexity index is 594. The lowest BCUT2D eigenvalue weighted by atomic mass is 10.1. The second-order valence-electron chi connectivity index (χ2n) is 4.21. The number of nitrogens with one attached hydrogen (secondary N) is 1.